The summed E-state index contributed by atoms with van der Waals surface area (Å²) >= 11 is 1.42. The molecular weight excluding hydrogens is 402 g/mol. The molecule has 3 N–H and O–H groups in total. The van der Waals surface area contributed by atoms with Gasteiger partial charge in [-0.25, -0.2) is 4.98 Å². The number of aryl methyl sites for hydroxylation is 2. The number of azo groups is 1. The Labute approximate surface area is 175 Å². The molecular formula is C21H21N5O3S. The summed E-state index contributed by atoms with van der Waals surface area (Å²) in [5.41, 5.74) is 2.63. The van der Waals surface area contributed by atoms with Gasteiger partial charge in [-0.2, -0.15) is 0 Å². The third-order valence-electron chi connectivity index (χ3n) is 5.11. The van der Waals surface area contributed by atoms with Crippen molar-refractivity contribution in [2.75, 3.05) is 0 Å². The van der Waals surface area contributed by atoms with E-state index in [9.17, 15) is 14.7 Å². The standard InChI is InChI=1S/C21H21N5O3S/c1-9(2)12-5-6-14-13(7-12)18(20(29)22-14)26-25-16(27)8-15-23-19(28)17-10(3)11(4)30-21(17)24-15/h5-7,9,22,29H,8H2,1-4H3,(H,23,24,28). The van der Waals surface area contributed by atoms with Crippen molar-refractivity contribution in [1.82, 2.24) is 15.0 Å². The summed E-state index contributed by atoms with van der Waals surface area (Å²) < 4.78 is 0. The zero-order valence-electron chi connectivity index (χ0n) is 17.0. The highest BCUT2D eigenvalue weighted by Gasteiger charge is 2.15. The second-order valence-electron chi connectivity index (χ2n) is 7.53. The number of amides is 1. The summed E-state index contributed by atoms with van der Waals surface area (Å²) in [6.45, 7) is 7.94. The predicted octanol–water partition coefficient (Wildman–Crippen LogP) is 4.76. The Morgan fingerprint density at radius 1 is 1.27 bits per heavy atom. The van der Waals surface area contributed by atoms with Crippen LogP contribution in [0, 0.1) is 13.8 Å². The van der Waals surface area contributed by atoms with Crippen molar-refractivity contribution in [3.05, 3.63) is 50.4 Å². The maximum Gasteiger partial charge on any atom is 0.272 e. The number of benzene rings is 1. The Morgan fingerprint density at radius 2 is 2.03 bits per heavy atom. The second-order valence-corrected chi connectivity index (χ2v) is 8.73. The first-order chi connectivity index (χ1) is 14.2. The smallest absolute Gasteiger partial charge is 0.272 e. The molecule has 9 heteroatoms. The summed E-state index contributed by atoms with van der Waals surface area (Å²) in [6.07, 6.45) is -0.189. The minimum atomic E-state index is -0.573. The number of hydrogen-bond acceptors (Lipinski definition) is 6. The molecule has 1 amide bonds. The molecule has 0 saturated heterocycles. The third kappa shape index (κ3) is 3.52. The molecule has 30 heavy (non-hydrogen) atoms. The predicted molar refractivity (Wildman–Crippen MR) is 117 cm³/mol. The Hall–Kier alpha value is -3.33. The quantitative estimate of drug-likeness (QED) is 0.409. The molecule has 0 unspecified atom stereocenters. The van der Waals surface area contributed by atoms with E-state index >= 15 is 0 Å². The van der Waals surface area contributed by atoms with Gasteiger partial charge in [0.1, 0.15) is 10.7 Å². The molecule has 0 aliphatic rings. The number of aromatic nitrogens is 3. The van der Waals surface area contributed by atoms with Crippen LogP contribution in [0.4, 0.5) is 5.69 Å². The fraction of sp³-hybridized carbons (Fsp3) is 0.286. The first-order valence-corrected chi connectivity index (χ1v) is 10.3. The van der Waals surface area contributed by atoms with Gasteiger partial charge in [0.05, 0.1) is 17.3 Å². The number of nitrogens with one attached hydrogen (secondary N) is 2. The number of nitrogens with zero attached hydrogens (tertiary/aromatic N) is 3. The lowest BCUT2D eigenvalue weighted by Gasteiger charge is -2.04. The first kappa shape index (κ1) is 20.0. The highest BCUT2D eigenvalue weighted by atomic mass is 32.1. The van der Waals surface area contributed by atoms with Crippen molar-refractivity contribution in [3.63, 3.8) is 0 Å². The number of aromatic hydroxyl groups is 1. The first-order valence-electron chi connectivity index (χ1n) is 9.52. The van der Waals surface area contributed by atoms with Crippen LogP contribution in [0.3, 0.4) is 0 Å². The number of hydrogen-bond donors (Lipinski definition) is 3. The average Bonchev–Trinajstić information content (AvgIpc) is 3.14. The van der Waals surface area contributed by atoms with Crippen molar-refractivity contribution in [2.24, 2.45) is 10.2 Å². The van der Waals surface area contributed by atoms with Crippen molar-refractivity contribution in [2.45, 2.75) is 40.0 Å². The summed E-state index contributed by atoms with van der Waals surface area (Å²) in [7, 11) is 0. The van der Waals surface area contributed by atoms with Gasteiger partial charge in [-0.15, -0.1) is 21.6 Å². The Morgan fingerprint density at radius 3 is 2.77 bits per heavy atom. The highest BCUT2D eigenvalue weighted by Crippen LogP contribution is 2.37. The van der Waals surface area contributed by atoms with Gasteiger partial charge >= 0.3 is 0 Å². The zero-order chi connectivity index (χ0) is 21.6. The largest absolute Gasteiger partial charge is 0.493 e. The van der Waals surface area contributed by atoms with Gasteiger partial charge in [-0.1, -0.05) is 19.9 Å². The molecule has 0 fully saturated rings. The van der Waals surface area contributed by atoms with Crippen LogP contribution >= 0.6 is 11.3 Å². The fourth-order valence-corrected chi connectivity index (χ4v) is 4.36. The monoisotopic (exact) mass is 423 g/mol. The van der Waals surface area contributed by atoms with Gasteiger partial charge in [0.25, 0.3) is 11.5 Å². The van der Waals surface area contributed by atoms with Gasteiger partial charge in [0.2, 0.25) is 5.88 Å². The summed E-state index contributed by atoms with van der Waals surface area (Å²) in [5, 5.41) is 19.1. The second kappa shape index (κ2) is 7.49. The van der Waals surface area contributed by atoms with E-state index in [1.165, 1.54) is 11.3 Å². The van der Waals surface area contributed by atoms with Gasteiger partial charge in [-0.3, -0.25) is 9.59 Å². The topological polar surface area (TPSA) is 124 Å². The van der Waals surface area contributed by atoms with Gasteiger partial charge < -0.3 is 15.1 Å². The number of aromatic amines is 2. The Bertz CT molecular complexity index is 1380. The molecule has 0 radical (unpaired) electrons. The molecule has 0 atom stereocenters. The number of carbonyl (C=O) groups excluding carboxylic acids is 1. The van der Waals surface area contributed by atoms with Crippen LogP contribution in [0.5, 0.6) is 5.88 Å². The molecule has 4 rings (SSSR count). The summed E-state index contributed by atoms with van der Waals surface area (Å²) in [4.78, 5) is 36.2. The molecule has 8 nitrogen and oxygen atoms in total. The maximum atomic E-state index is 12.3. The zero-order valence-corrected chi connectivity index (χ0v) is 17.8. The van der Waals surface area contributed by atoms with Crippen LogP contribution < -0.4 is 5.56 Å². The molecule has 0 spiro atoms. The third-order valence-corrected chi connectivity index (χ3v) is 6.21. The van der Waals surface area contributed by atoms with E-state index < -0.39 is 5.91 Å². The van der Waals surface area contributed by atoms with Crippen molar-refractivity contribution in [3.8, 4) is 5.88 Å². The van der Waals surface area contributed by atoms with Crippen molar-refractivity contribution in [1.29, 1.82) is 0 Å². The van der Waals surface area contributed by atoms with E-state index in [1.807, 2.05) is 32.0 Å². The molecule has 0 aliphatic carbocycles. The number of carbonyl (C=O) groups is 1. The van der Waals surface area contributed by atoms with E-state index in [0.717, 1.165) is 16.0 Å². The molecule has 3 aromatic heterocycles. The minimum absolute atomic E-state index is 0.153. The van der Waals surface area contributed by atoms with Crippen LogP contribution in [0.1, 0.15) is 41.6 Å². The Balaban J connectivity index is 1.61. The SMILES string of the molecule is Cc1sc2nc(CC(=O)N=Nc3c(O)[nH]c4ccc(C(C)C)cc34)[nH]c(=O)c2c1C. The van der Waals surface area contributed by atoms with Crippen molar-refractivity contribution < 1.29 is 9.90 Å². The lowest BCUT2D eigenvalue weighted by molar-refractivity contribution is -0.117. The van der Waals surface area contributed by atoms with Crippen LogP contribution in [0.15, 0.2) is 33.2 Å². The molecule has 0 saturated carbocycles. The van der Waals surface area contributed by atoms with Crippen LogP contribution in [-0.4, -0.2) is 26.0 Å². The van der Waals surface area contributed by atoms with E-state index in [2.05, 4.69) is 39.0 Å². The van der Waals surface area contributed by atoms with Crippen molar-refractivity contribution >= 4 is 44.1 Å². The molecule has 3 heterocycles. The highest BCUT2D eigenvalue weighted by molar-refractivity contribution is 7.18. The lowest BCUT2D eigenvalue weighted by atomic mass is 10.0. The van der Waals surface area contributed by atoms with E-state index in [-0.39, 0.29) is 29.4 Å². The minimum Gasteiger partial charge on any atom is -0.493 e. The molecule has 0 bridgehead atoms. The van der Waals surface area contributed by atoms with Crippen LogP contribution in [0.2, 0.25) is 0 Å². The Kier molecular flexibility index (Phi) is 4.98. The maximum absolute atomic E-state index is 12.3. The van der Waals surface area contributed by atoms with E-state index in [4.69, 9.17) is 0 Å². The summed E-state index contributed by atoms with van der Waals surface area (Å²) in [5.74, 6) is -0.181. The fourth-order valence-electron chi connectivity index (χ4n) is 3.31. The average molecular weight is 423 g/mol. The van der Waals surface area contributed by atoms with Crippen LogP contribution in [0.25, 0.3) is 21.1 Å². The van der Waals surface area contributed by atoms with Gasteiger partial charge in [-0.05, 0) is 43.0 Å². The number of fused-ring (bicyclic) bond motifs is 2. The number of rotatable bonds is 4. The van der Waals surface area contributed by atoms with Gasteiger partial charge in [0, 0.05) is 10.3 Å². The number of thiophene rings is 1. The van der Waals surface area contributed by atoms with Gasteiger partial charge in [0.15, 0.2) is 5.69 Å². The normalized spacial score (nSPS) is 12.0. The van der Waals surface area contributed by atoms with Crippen LogP contribution in [-0.2, 0) is 11.2 Å². The lowest BCUT2D eigenvalue weighted by Crippen LogP contribution is -2.13. The summed E-state index contributed by atoms with van der Waals surface area (Å²) in [6, 6.07) is 5.75. The van der Waals surface area contributed by atoms with E-state index in [1.54, 1.807) is 0 Å². The molecule has 1 aromatic carbocycles. The molecule has 4 aromatic rings. The number of H-pyrrole nitrogens is 2. The molecule has 0 aliphatic heterocycles. The molecule has 154 valence electrons. The van der Waals surface area contributed by atoms with E-state index in [0.29, 0.717) is 27.0 Å².